The van der Waals surface area contributed by atoms with E-state index in [1.165, 1.54) is 0 Å². The van der Waals surface area contributed by atoms with Gasteiger partial charge in [-0.2, -0.15) is 4.98 Å². The molecular formula is C14H15N2O4. The molecule has 0 spiro atoms. The first-order chi connectivity index (χ1) is 9.78. The van der Waals surface area contributed by atoms with Gasteiger partial charge in [-0.05, 0) is 23.8 Å². The highest BCUT2D eigenvalue weighted by Crippen LogP contribution is 2.38. The first-order valence-corrected chi connectivity index (χ1v) is 5.89. The Hall–Kier alpha value is -2.50. The molecule has 0 bridgehead atoms. The van der Waals surface area contributed by atoms with Gasteiger partial charge in [-0.3, -0.25) is 0 Å². The van der Waals surface area contributed by atoms with Gasteiger partial charge in [-0.25, -0.2) is 4.98 Å². The summed E-state index contributed by atoms with van der Waals surface area (Å²) in [5, 5.41) is 0. The molecule has 2 rings (SSSR count). The highest BCUT2D eigenvalue weighted by atomic mass is 16.5. The van der Waals surface area contributed by atoms with Gasteiger partial charge in [0.15, 0.2) is 11.5 Å². The normalized spacial score (nSPS) is 9.95. The molecule has 0 atom stereocenters. The van der Waals surface area contributed by atoms with Crippen LogP contribution < -0.4 is 18.9 Å². The maximum Gasteiger partial charge on any atom is 0.317 e. The minimum Gasteiger partial charge on any atom is -0.493 e. The second-order valence-corrected chi connectivity index (χ2v) is 3.79. The molecular weight excluding hydrogens is 260 g/mol. The number of methoxy groups -OCH3 is 3. The van der Waals surface area contributed by atoms with Crippen LogP contribution in [-0.4, -0.2) is 31.3 Å². The third-order valence-corrected chi connectivity index (χ3v) is 2.59. The van der Waals surface area contributed by atoms with Crippen molar-refractivity contribution >= 4 is 0 Å². The molecule has 1 heterocycles. The average Bonchev–Trinajstić information content (AvgIpc) is 2.52. The molecule has 0 aliphatic heterocycles. The molecule has 1 radical (unpaired) electrons. The fourth-order valence-electron chi connectivity index (χ4n) is 1.69. The van der Waals surface area contributed by atoms with E-state index in [0.29, 0.717) is 17.2 Å². The number of nitrogens with zero attached hydrogens (tertiary/aromatic N) is 2. The first kappa shape index (κ1) is 13.9. The Bertz CT molecular complexity index is 535. The van der Waals surface area contributed by atoms with Crippen molar-refractivity contribution in [2.75, 3.05) is 21.3 Å². The van der Waals surface area contributed by atoms with Crippen molar-refractivity contribution in [2.24, 2.45) is 0 Å². The van der Waals surface area contributed by atoms with Crippen LogP contribution in [0.1, 0.15) is 5.56 Å². The third kappa shape index (κ3) is 3.09. The van der Waals surface area contributed by atoms with Crippen molar-refractivity contribution in [1.82, 2.24) is 9.97 Å². The Morgan fingerprint density at radius 1 is 1.05 bits per heavy atom. The van der Waals surface area contributed by atoms with Crippen LogP contribution in [0.2, 0.25) is 0 Å². The minimum absolute atomic E-state index is 0.265. The van der Waals surface area contributed by atoms with E-state index in [1.807, 2.05) is 12.1 Å². The van der Waals surface area contributed by atoms with E-state index < -0.39 is 0 Å². The summed E-state index contributed by atoms with van der Waals surface area (Å²) in [6.45, 7) is 0.286. The number of ether oxygens (including phenoxy) is 4. The van der Waals surface area contributed by atoms with Crippen LogP contribution in [0.5, 0.6) is 23.3 Å². The molecule has 20 heavy (non-hydrogen) atoms. The fourth-order valence-corrected chi connectivity index (χ4v) is 1.69. The van der Waals surface area contributed by atoms with Gasteiger partial charge in [0.05, 0.1) is 27.5 Å². The van der Waals surface area contributed by atoms with Crippen molar-refractivity contribution in [1.29, 1.82) is 0 Å². The zero-order valence-corrected chi connectivity index (χ0v) is 11.5. The maximum absolute atomic E-state index is 5.46. The Kier molecular flexibility index (Phi) is 4.60. The van der Waals surface area contributed by atoms with E-state index in [2.05, 4.69) is 16.2 Å². The second kappa shape index (κ2) is 6.60. The molecule has 6 heteroatoms. The fraction of sp³-hybridized carbons (Fsp3) is 0.286. The lowest BCUT2D eigenvalue weighted by Gasteiger charge is -2.14. The van der Waals surface area contributed by atoms with Gasteiger partial charge < -0.3 is 18.9 Å². The van der Waals surface area contributed by atoms with E-state index in [0.717, 1.165) is 5.56 Å². The second-order valence-electron chi connectivity index (χ2n) is 3.79. The van der Waals surface area contributed by atoms with Gasteiger partial charge in [0, 0.05) is 6.20 Å². The summed E-state index contributed by atoms with van der Waals surface area (Å²) >= 11 is 0. The van der Waals surface area contributed by atoms with Gasteiger partial charge in [-0.1, -0.05) is 0 Å². The minimum atomic E-state index is 0.265. The number of hydrogen-bond acceptors (Lipinski definition) is 6. The largest absolute Gasteiger partial charge is 0.493 e. The van der Waals surface area contributed by atoms with Crippen LogP contribution in [0.25, 0.3) is 0 Å². The van der Waals surface area contributed by atoms with E-state index >= 15 is 0 Å². The standard InChI is InChI=1S/C14H15N2O4/c1-17-11-7-10(8-12(18-2)13(11)19-3)9-20-14-15-5-4-6-16-14/h4-5,7-8H,9H2,1-3H3. The van der Waals surface area contributed by atoms with E-state index in [4.69, 9.17) is 18.9 Å². The number of hydrogen-bond donors (Lipinski definition) is 0. The lowest BCUT2D eigenvalue weighted by molar-refractivity contribution is 0.276. The predicted molar refractivity (Wildman–Crippen MR) is 71.3 cm³/mol. The Morgan fingerprint density at radius 2 is 1.75 bits per heavy atom. The summed E-state index contributed by atoms with van der Waals surface area (Å²) in [5.41, 5.74) is 0.854. The highest BCUT2D eigenvalue weighted by Gasteiger charge is 2.13. The number of benzene rings is 1. The average molecular weight is 275 g/mol. The lowest BCUT2D eigenvalue weighted by Crippen LogP contribution is -2.01. The zero-order chi connectivity index (χ0) is 14.4. The molecule has 1 aromatic carbocycles. The summed E-state index contributed by atoms with van der Waals surface area (Å²) in [7, 11) is 4.69. The molecule has 6 nitrogen and oxygen atoms in total. The highest BCUT2D eigenvalue weighted by molar-refractivity contribution is 5.53. The summed E-state index contributed by atoms with van der Waals surface area (Å²) in [4.78, 5) is 7.83. The van der Waals surface area contributed by atoms with Crippen molar-refractivity contribution in [2.45, 2.75) is 6.61 Å². The van der Waals surface area contributed by atoms with Crippen LogP contribution in [-0.2, 0) is 6.61 Å². The molecule has 105 valence electrons. The molecule has 0 amide bonds. The van der Waals surface area contributed by atoms with Gasteiger partial charge >= 0.3 is 6.01 Å². The van der Waals surface area contributed by atoms with E-state index in [1.54, 1.807) is 33.6 Å². The van der Waals surface area contributed by atoms with Gasteiger partial charge in [0.25, 0.3) is 0 Å². The smallest absolute Gasteiger partial charge is 0.317 e. The predicted octanol–water partition coefficient (Wildman–Crippen LogP) is 1.88. The third-order valence-electron chi connectivity index (χ3n) is 2.59. The topological polar surface area (TPSA) is 62.7 Å². The molecule has 0 unspecified atom stereocenters. The number of rotatable bonds is 6. The SMILES string of the molecule is COc1cc(COc2n[c]ccn2)cc(OC)c1OC. The van der Waals surface area contributed by atoms with Gasteiger partial charge in [0.1, 0.15) is 6.61 Å². The number of aromatic nitrogens is 2. The van der Waals surface area contributed by atoms with E-state index in [9.17, 15) is 0 Å². The molecule has 1 aromatic heterocycles. The van der Waals surface area contributed by atoms with Crippen LogP contribution in [0.15, 0.2) is 24.4 Å². The summed E-state index contributed by atoms with van der Waals surface area (Å²) < 4.78 is 21.3. The van der Waals surface area contributed by atoms with Crippen molar-refractivity contribution in [3.8, 4) is 23.3 Å². The van der Waals surface area contributed by atoms with Crippen molar-refractivity contribution in [3.63, 3.8) is 0 Å². The Morgan fingerprint density at radius 3 is 2.25 bits per heavy atom. The molecule has 0 aliphatic carbocycles. The van der Waals surface area contributed by atoms with Crippen LogP contribution in [0.3, 0.4) is 0 Å². The quantitative estimate of drug-likeness (QED) is 0.802. The molecule has 0 saturated heterocycles. The van der Waals surface area contributed by atoms with Crippen LogP contribution >= 0.6 is 0 Å². The molecule has 0 saturated carbocycles. The molecule has 0 aliphatic rings. The summed E-state index contributed by atoms with van der Waals surface area (Å²) in [5.74, 6) is 1.69. The first-order valence-electron chi connectivity index (χ1n) is 5.89. The van der Waals surface area contributed by atoms with Crippen LogP contribution in [0, 0.1) is 6.20 Å². The molecule has 2 aromatic rings. The van der Waals surface area contributed by atoms with Crippen molar-refractivity contribution in [3.05, 3.63) is 36.2 Å². The maximum atomic E-state index is 5.46. The van der Waals surface area contributed by atoms with E-state index in [-0.39, 0.29) is 12.6 Å². The zero-order valence-electron chi connectivity index (χ0n) is 11.5. The molecule has 0 fully saturated rings. The van der Waals surface area contributed by atoms with Crippen molar-refractivity contribution < 1.29 is 18.9 Å². The lowest BCUT2D eigenvalue weighted by atomic mass is 10.2. The Labute approximate surface area is 117 Å². The van der Waals surface area contributed by atoms with Crippen LogP contribution in [0.4, 0.5) is 0 Å². The van der Waals surface area contributed by atoms with Gasteiger partial charge in [0.2, 0.25) is 5.75 Å². The Balaban J connectivity index is 2.19. The molecule has 0 N–H and O–H groups in total. The monoisotopic (exact) mass is 275 g/mol. The van der Waals surface area contributed by atoms with Gasteiger partial charge in [-0.15, -0.1) is 0 Å². The summed E-state index contributed by atoms with van der Waals surface area (Å²) in [6.07, 6.45) is 4.22. The summed E-state index contributed by atoms with van der Waals surface area (Å²) in [6, 6.07) is 5.50.